The van der Waals surface area contributed by atoms with E-state index in [-0.39, 0.29) is 0 Å². The molecule has 158 valence electrons. The van der Waals surface area contributed by atoms with Crippen molar-refractivity contribution in [1.29, 1.82) is 0 Å². The van der Waals surface area contributed by atoms with Crippen molar-refractivity contribution < 1.29 is 0 Å². The number of nitrogens with zero attached hydrogens (tertiary/aromatic N) is 5. The zero-order chi connectivity index (χ0) is 21.5. The van der Waals surface area contributed by atoms with E-state index in [0.717, 1.165) is 37.1 Å². The highest BCUT2D eigenvalue weighted by Crippen LogP contribution is 2.38. The maximum atomic E-state index is 7.10. The molecule has 1 saturated heterocycles. The fourth-order valence-electron chi connectivity index (χ4n) is 5.07. The number of likely N-dealkylation sites (tertiary alicyclic amines) is 1. The van der Waals surface area contributed by atoms with Crippen molar-refractivity contribution in [3.8, 4) is 11.3 Å². The van der Waals surface area contributed by atoms with E-state index in [4.69, 9.17) is 6.57 Å². The van der Waals surface area contributed by atoms with Crippen molar-refractivity contribution >= 4 is 16.4 Å². The van der Waals surface area contributed by atoms with Gasteiger partial charge in [0.1, 0.15) is 0 Å². The predicted octanol–water partition coefficient (Wildman–Crippen LogP) is 5.37. The molecule has 4 heterocycles. The molecule has 0 spiro atoms. The summed E-state index contributed by atoms with van der Waals surface area (Å²) in [5.41, 5.74) is 8.45. The quantitative estimate of drug-likeness (QED) is 0.459. The first-order chi connectivity index (χ1) is 15.0. The molecule has 1 aliphatic rings. The molecule has 0 unspecified atom stereocenters. The third-order valence-electron chi connectivity index (χ3n) is 6.64. The maximum absolute atomic E-state index is 7.10. The van der Waals surface area contributed by atoms with Gasteiger partial charge in [-0.2, -0.15) is 0 Å². The van der Waals surface area contributed by atoms with Gasteiger partial charge < -0.3 is 4.98 Å². The number of hydrogen-bond donors (Lipinski definition) is 1. The number of rotatable bonds is 4. The van der Waals surface area contributed by atoms with Gasteiger partial charge in [0.25, 0.3) is 6.67 Å². The highest BCUT2D eigenvalue weighted by Gasteiger charge is 2.23. The smallest absolute Gasteiger partial charge is 0.270 e. The molecule has 6 nitrogen and oxygen atoms in total. The molecule has 0 radical (unpaired) electrons. The normalized spacial score (nSPS) is 15.8. The van der Waals surface area contributed by atoms with Gasteiger partial charge in [0.15, 0.2) is 0 Å². The molecule has 1 aliphatic heterocycles. The number of H-pyrrole nitrogens is 1. The zero-order valence-corrected chi connectivity index (χ0v) is 18.4. The molecule has 0 atom stereocenters. The number of piperidine rings is 1. The van der Waals surface area contributed by atoms with Crippen LogP contribution in [0.3, 0.4) is 0 Å². The Kier molecular flexibility index (Phi) is 4.99. The van der Waals surface area contributed by atoms with Crippen LogP contribution >= 0.6 is 0 Å². The predicted molar refractivity (Wildman–Crippen MR) is 124 cm³/mol. The minimum atomic E-state index is 0.402. The van der Waals surface area contributed by atoms with Gasteiger partial charge in [-0.3, -0.25) is 4.85 Å². The number of pyridine rings is 1. The first kappa shape index (κ1) is 19.8. The van der Waals surface area contributed by atoms with Crippen LogP contribution in [0, 0.1) is 13.5 Å². The van der Waals surface area contributed by atoms with Crippen LogP contribution in [0.1, 0.15) is 55.3 Å². The summed E-state index contributed by atoms with van der Waals surface area (Å²) in [7, 11) is 0. The number of aryl methyl sites for hydroxylation is 1. The van der Waals surface area contributed by atoms with Crippen LogP contribution in [0.5, 0.6) is 0 Å². The Hall–Kier alpha value is -3.17. The first-order valence-electron chi connectivity index (χ1n) is 11.1. The fraction of sp³-hybridized carbons (Fsp3) is 0.400. The van der Waals surface area contributed by atoms with Crippen LogP contribution in [-0.4, -0.2) is 44.5 Å². The second kappa shape index (κ2) is 7.82. The Bertz CT molecular complexity index is 1280. The Labute approximate surface area is 182 Å². The van der Waals surface area contributed by atoms with Crippen LogP contribution in [0.4, 0.5) is 0 Å². The molecule has 4 aromatic rings. The van der Waals surface area contributed by atoms with E-state index >= 15 is 0 Å². The van der Waals surface area contributed by atoms with E-state index in [1.807, 2.05) is 10.7 Å². The molecule has 6 heteroatoms. The number of aromatic nitrogens is 4. The lowest BCUT2D eigenvalue weighted by atomic mass is 9.87. The first-order valence-corrected chi connectivity index (χ1v) is 11.1. The van der Waals surface area contributed by atoms with Crippen molar-refractivity contribution in [3.63, 3.8) is 0 Å². The SMILES string of the molecule is [C-]#[N+]CN1CCC(c2ccc3[nH]c(-c4cc(C)n5nncc5c4)c(C(C)C)c3c2)CC1. The van der Waals surface area contributed by atoms with Crippen LogP contribution in [0.2, 0.25) is 0 Å². The monoisotopic (exact) mass is 412 g/mol. The second-order valence-electron chi connectivity index (χ2n) is 9.02. The van der Waals surface area contributed by atoms with Gasteiger partial charge in [-0.05, 0) is 67.0 Å². The summed E-state index contributed by atoms with van der Waals surface area (Å²) in [5.74, 6) is 0.972. The van der Waals surface area contributed by atoms with Crippen LogP contribution < -0.4 is 0 Å². The van der Waals surface area contributed by atoms with Crippen molar-refractivity contribution in [2.24, 2.45) is 0 Å². The standard InChI is InChI=1S/C25H28N6/c1-16(2)24-22-13-19(18-7-9-30(10-8-18)15-26-4)5-6-23(22)28-25(24)20-11-17(3)31-21(12-20)14-27-29-31/h5-6,11-14,16,18,28H,7-10,15H2,1-3H3. The summed E-state index contributed by atoms with van der Waals surface area (Å²) in [6.45, 7) is 16.3. The summed E-state index contributed by atoms with van der Waals surface area (Å²) in [4.78, 5) is 9.52. The molecule has 0 saturated carbocycles. The second-order valence-corrected chi connectivity index (χ2v) is 9.02. The molecule has 0 aliphatic carbocycles. The molecule has 1 fully saturated rings. The van der Waals surface area contributed by atoms with E-state index in [2.05, 4.69) is 76.1 Å². The lowest BCUT2D eigenvalue weighted by molar-refractivity contribution is 0.232. The Morgan fingerprint density at radius 3 is 2.74 bits per heavy atom. The van der Waals surface area contributed by atoms with Gasteiger partial charge in [0.05, 0.1) is 17.4 Å². The minimum Gasteiger partial charge on any atom is -0.354 e. The minimum absolute atomic E-state index is 0.402. The van der Waals surface area contributed by atoms with Crippen molar-refractivity contribution in [2.75, 3.05) is 19.8 Å². The summed E-state index contributed by atoms with van der Waals surface area (Å²) in [6.07, 6.45) is 4.06. The zero-order valence-electron chi connectivity index (χ0n) is 18.4. The van der Waals surface area contributed by atoms with Gasteiger partial charge in [-0.15, -0.1) is 5.10 Å². The molecule has 0 amide bonds. The van der Waals surface area contributed by atoms with Gasteiger partial charge in [0, 0.05) is 35.2 Å². The Morgan fingerprint density at radius 1 is 1.19 bits per heavy atom. The lowest BCUT2D eigenvalue weighted by Gasteiger charge is -2.28. The highest BCUT2D eigenvalue weighted by molar-refractivity contribution is 5.92. The molecule has 5 rings (SSSR count). The topological polar surface area (TPSA) is 53.6 Å². The van der Waals surface area contributed by atoms with Crippen molar-refractivity contribution in [1.82, 2.24) is 24.7 Å². The molecular formula is C25H28N6. The summed E-state index contributed by atoms with van der Waals surface area (Å²) in [6, 6.07) is 11.3. The van der Waals surface area contributed by atoms with E-state index in [1.165, 1.54) is 33.3 Å². The van der Waals surface area contributed by atoms with Crippen LogP contribution in [0.15, 0.2) is 36.5 Å². The van der Waals surface area contributed by atoms with Crippen LogP contribution in [0.25, 0.3) is 32.5 Å². The van der Waals surface area contributed by atoms with Crippen LogP contribution in [-0.2, 0) is 0 Å². The summed E-state index contributed by atoms with van der Waals surface area (Å²) < 4.78 is 1.87. The largest absolute Gasteiger partial charge is 0.354 e. The third kappa shape index (κ3) is 3.49. The third-order valence-corrected chi connectivity index (χ3v) is 6.64. The molecule has 1 aromatic carbocycles. The van der Waals surface area contributed by atoms with E-state index < -0.39 is 0 Å². The Balaban J connectivity index is 1.56. The number of nitrogens with one attached hydrogen (secondary N) is 1. The average Bonchev–Trinajstić information content (AvgIpc) is 3.39. The average molecular weight is 413 g/mol. The van der Waals surface area contributed by atoms with E-state index in [1.54, 1.807) is 0 Å². The van der Waals surface area contributed by atoms with E-state index in [9.17, 15) is 0 Å². The number of hydrogen-bond acceptors (Lipinski definition) is 3. The lowest BCUT2D eigenvalue weighted by Crippen LogP contribution is -2.32. The number of benzene rings is 1. The highest BCUT2D eigenvalue weighted by atomic mass is 15.4. The Morgan fingerprint density at radius 2 is 2.00 bits per heavy atom. The van der Waals surface area contributed by atoms with Gasteiger partial charge in [0.2, 0.25) is 0 Å². The van der Waals surface area contributed by atoms with Crippen molar-refractivity contribution in [2.45, 2.75) is 45.4 Å². The number of aromatic amines is 1. The molecule has 0 bridgehead atoms. The molecule has 31 heavy (non-hydrogen) atoms. The number of fused-ring (bicyclic) bond motifs is 2. The molecule has 3 aromatic heterocycles. The van der Waals surface area contributed by atoms with Crippen molar-refractivity contribution in [3.05, 3.63) is 64.8 Å². The summed E-state index contributed by atoms with van der Waals surface area (Å²) in [5, 5.41) is 9.56. The summed E-state index contributed by atoms with van der Waals surface area (Å²) >= 11 is 0. The maximum Gasteiger partial charge on any atom is 0.270 e. The van der Waals surface area contributed by atoms with E-state index in [0.29, 0.717) is 18.5 Å². The fourth-order valence-corrected chi connectivity index (χ4v) is 5.07. The molecule has 1 N–H and O–H groups in total. The molecular weight excluding hydrogens is 384 g/mol. The van der Waals surface area contributed by atoms with Gasteiger partial charge in [-0.25, -0.2) is 16.0 Å². The van der Waals surface area contributed by atoms with Gasteiger partial charge in [-0.1, -0.05) is 25.1 Å². The van der Waals surface area contributed by atoms with Gasteiger partial charge >= 0.3 is 0 Å².